The number of urea groups is 1. The van der Waals surface area contributed by atoms with Crippen molar-refractivity contribution in [1.29, 1.82) is 0 Å². The number of fused-ring (bicyclic) bond motifs is 1. The van der Waals surface area contributed by atoms with E-state index in [-0.39, 0.29) is 17.5 Å². The number of hydrogen-bond acceptors (Lipinski definition) is 4. The Kier molecular flexibility index (Phi) is 5.19. The molecule has 128 valence electrons. The fourth-order valence-electron chi connectivity index (χ4n) is 2.54. The van der Waals surface area contributed by atoms with E-state index in [0.29, 0.717) is 17.9 Å². The second-order valence-corrected chi connectivity index (χ2v) is 7.75. The molecule has 0 radical (unpaired) electrons. The normalized spacial score (nSPS) is 16.7. The van der Waals surface area contributed by atoms with Gasteiger partial charge in [0.2, 0.25) is 0 Å². The SMILES string of the molecule is CCCCCN1C(=O)N(C)c2cc(OC(C)C)ccc2S1(=O)=O. The first-order valence-corrected chi connectivity index (χ1v) is 9.34. The lowest BCUT2D eigenvalue weighted by molar-refractivity contribution is 0.228. The number of carbonyl (C=O) groups excluding carboxylic acids is 1. The maximum Gasteiger partial charge on any atom is 0.338 e. The van der Waals surface area contributed by atoms with Gasteiger partial charge in [0.25, 0.3) is 10.0 Å². The molecule has 6 nitrogen and oxygen atoms in total. The summed E-state index contributed by atoms with van der Waals surface area (Å²) >= 11 is 0. The Balaban J connectivity index is 2.40. The highest BCUT2D eigenvalue weighted by Crippen LogP contribution is 2.36. The number of rotatable bonds is 6. The molecule has 0 bridgehead atoms. The van der Waals surface area contributed by atoms with E-state index in [4.69, 9.17) is 4.74 Å². The van der Waals surface area contributed by atoms with Crippen molar-refractivity contribution in [3.63, 3.8) is 0 Å². The van der Waals surface area contributed by atoms with Crippen LogP contribution in [-0.4, -0.2) is 38.5 Å². The highest BCUT2D eigenvalue weighted by atomic mass is 32.2. The summed E-state index contributed by atoms with van der Waals surface area (Å²) in [6, 6.07) is 4.23. The van der Waals surface area contributed by atoms with Gasteiger partial charge in [-0.1, -0.05) is 19.8 Å². The first-order chi connectivity index (χ1) is 10.8. The predicted octanol–water partition coefficient (Wildman–Crippen LogP) is 3.22. The predicted molar refractivity (Wildman–Crippen MR) is 89.4 cm³/mol. The minimum absolute atomic E-state index is 0.0280. The van der Waals surface area contributed by atoms with E-state index in [1.165, 1.54) is 11.0 Å². The number of benzene rings is 1. The third kappa shape index (κ3) is 3.44. The van der Waals surface area contributed by atoms with Crippen molar-refractivity contribution in [1.82, 2.24) is 4.31 Å². The molecular formula is C16H24N2O4S. The molecule has 0 N–H and O–H groups in total. The highest BCUT2D eigenvalue weighted by molar-refractivity contribution is 7.90. The molecular weight excluding hydrogens is 316 g/mol. The van der Waals surface area contributed by atoms with Gasteiger partial charge in [-0.15, -0.1) is 0 Å². The number of ether oxygens (including phenoxy) is 1. The smallest absolute Gasteiger partial charge is 0.338 e. The zero-order valence-electron chi connectivity index (χ0n) is 14.1. The molecule has 2 amide bonds. The average Bonchev–Trinajstić information content (AvgIpc) is 2.48. The third-order valence-electron chi connectivity index (χ3n) is 3.70. The molecule has 0 atom stereocenters. The molecule has 0 saturated heterocycles. The molecule has 7 heteroatoms. The summed E-state index contributed by atoms with van der Waals surface area (Å²) in [6.45, 7) is 6.02. The Morgan fingerprint density at radius 2 is 1.91 bits per heavy atom. The first kappa shape index (κ1) is 17.6. The van der Waals surface area contributed by atoms with Crippen molar-refractivity contribution < 1.29 is 17.9 Å². The lowest BCUT2D eigenvalue weighted by Crippen LogP contribution is -2.49. The lowest BCUT2D eigenvalue weighted by Gasteiger charge is -2.34. The van der Waals surface area contributed by atoms with Gasteiger partial charge >= 0.3 is 6.03 Å². The molecule has 1 aliphatic rings. The van der Waals surface area contributed by atoms with E-state index in [1.54, 1.807) is 19.2 Å². The number of carbonyl (C=O) groups is 1. The van der Waals surface area contributed by atoms with Crippen LogP contribution >= 0.6 is 0 Å². The van der Waals surface area contributed by atoms with Gasteiger partial charge in [0.1, 0.15) is 10.6 Å². The Morgan fingerprint density at radius 3 is 2.52 bits per heavy atom. The van der Waals surface area contributed by atoms with E-state index < -0.39 is 16.1 Å². The molecule has 0 unspecified atom stereocenters. The van der Waals surface area contributed by atoms with Crippen LogP contribution < -0.4 is 9.64 Å². The van der Waals surface area contributed by atoms with Crippen LogP contribution in [0.15, 0.2) is 23.1 Å². The molecule has 23 heavy (non-hydrogen) atoms. The van der Waals surface area contributed by atoms with Gasteiger partial charge in [-0.05, 0) is 32.4 Å². The quantitative estimate of drug-likeness (QED) is 0.746. The van der Waals surface area contributed by atoms with Gasteiger partial charge < -0.3 is 4.74 Å². The van der Waals surface area contributed by atoms with Gasteiger partial charge in [0.15, 0.2) is 0 Å². The van der Waals surface area contributed by atoms with Crippen LogP contribution in [0.25, 0.3) is 0 Å². The van der Waals surface area contributed by atoms with Crippen molar-refractivity contribution in [2.24, 2.45) is 0 Å². The molecule has 2 rings (SSSR count). The lowest BCUT2D eigenvalue weighted by atomic mass is 10.2. The zero-order chi connectivity index (χ0) is 17.2. The van der Waals surface area contributed by atoms with Crippen LogP contribution in [0.4, 0.5) is 10.5 Å². The van der Waals surface area contributed by atoms with E-state index in [2.05, 4.69) is 0 Å². The molecule has 1 aliphatic heterocycles. The maximum absolute atomic E-state index is 12.7. The first-order valence-electron chi connectivity index (χ1n) is 7.90. The van der Waals surface area contributed by atoms with E-state index in [9.17, 15) is 13.2 Å². The van der Waals surface area contributed by atoms with Crippen LogP contribution in [0.3, 0.4) is 0 Å². The molecule has 0 saturated carbocycles. The van der Waals surface area contributed by atoms with Crippen LogP contribution in [0, 0.1) is 0 Å². The molecule has 1 heterocycles. The minimum Gasteiger partial charge on any atom is -0.491 e. The molecule has 0 spiro atoms. The van der Waals surface area contributed by atoms with Gasteiger partial charge in [-0.25, -0.2) is 17.5 Å². The molecule has 1 aromatic rings. The van der Waals surface area contributed by atoms with Crippen molar-refractivity contribution in [3.8, 4) is 5.75 Å². The number of nitrogens with zero attached hydrogens (tertiary/aromatic N) is 2. The summed E-state index contributed by atoms with van der Waals surface area (Å²) in [6.07, 6.45) is 2.49. The van der Waals surface area contributed by atoms with Gasteiger partial charge in [0, 0.05) is 19.7 Å². The van der Waals surface area contributed by atoms with Gasteiger partial charge in [-0.2, -0.15) is 0 Å². The fourth-order valence-corrected chi connectivity index (χ4v) is 4.17. The summed E-state index contributed by atoms with van der Waals surface area (Å²) in [7, 11) is -2.22. The molecule has 0 aromatic heterocycles. The van der Waals surface area contributed by atoms with Crippen molar-refractivity contribution in [2.75, 3.05) is 18.5 Å². The summed E-state index contributed by atoms with van der Waals surface area (Å²) in [4.78, 5) is 14.0. The number of amides is 2. The Morgan fingerprint density at radius 1 is 1.22 bits per heavy atom. The molecule has 1 aromatic carbocycles. The van der Waals surface area contributed by atoms with Gasteiger partial charge in [0.05, 0.1) is 11.8 Å². The number of hydrogen-bond donors (Lipinski definition) is 0. The Labute approximate surface area is 138 Å². The standard InChI is InChI=1S/C16H24N2O4S/c1-5-6-7-10-18-16(19)17(4)14-11-13(22-12(2)3)8-9-15(14)23(18,20)21/h8-9,11-12H,5-7,10H2,1-4H3. The van der Waals surface area contributed by atoms with Crippen molar-refractivity contribution >= 4 is 21.7 Å². The van der Waals surface area contributed by atoms with Crippen molar-refractivity contribution in [2.45, 2.75) is 51.0 Å². The maximum atomic E-state index is 12.7. The minimum atomic E-state index is -3.80. The monoisotopic (exact) mass is 340 g/mol. The van der Waals surface area contributed by atoms with E-state index in [0.717, 1.165) is 17.1 Å². The van der Waals surface area contributed by atoms with Crippen LogP contribution in [0.2, 0.25) is 0 Å². The Hall–Kier alpha value is -1.76. The van der Waals surface area contributed by atoms with Crippen LogP contribution in [0.5, 0.6) is 5.75 Å². The average molecular weight is 340 g/mol. The largest absolute Gasteiger partial charge is 0.491 e. The molecule has 0 fully saturated rings. The number of unbranched alkanes of at least 4 members (excludes halogenated alkanes) is 2. The fraction of sp³-hybridized carbons (Fsp3) is 0.562. The second-order valence-electron chi connectivity index (χ2n) is 5.92. The summed E-state index contributed by atoms with van der Waals surface area (Å²) in [5, 5.41) is 0. The summed E-state index contributed by atoms with van der Waals surface area (Å²) in [5.41, 5.74) is 0.361. The summed E-state index contributed by atoms with van der Waals surface area (Å²) in [5.74, 6) is 0.549. The number of anilines is 1. The third-order valence-corrected chi connectivity index (χ3v) is 5.52. The topological polar surface area (TPSA) is 66.9 Å². The zero-order valence-corrected chi connectivity index (χ0v) is 14.9. The van der Waals surface area contributed by atoms with E-state index >= 15 is 0 Å². The van der Waals surface area contributed by atoms with Crippen LogP contribution in [0.1, 0.15) is 40.0 Å². The Bertz CT molecular complexity index is 685. The second kappa shape index (κ2) is 6.78. The van der Waals surface area contributed by atoms with Crippen LogP contribution in [-0.2, 0) is 10.0 Å². The van der Waals surface area contributed by atoms with Crippen molar-refractivity contribution in [3.05, 3.63) is 18.2 Å². The highest BCUT2D eigenvalue weighted by Gasteiger charge is 2.39. The van der Waals surface area contributed by atoms with Gasteiger partial charge in [-0.3, -0.25) is 4.90 Å². The summed E-state index contributed by atoms with van der Waals surface area (Å²) < 4.78 is 32.0. The van der Waals surface area contributed by atoms with E-state index in [1.807, 2.05) is 20.8 Å². The molecule has 0 aliphatic carbocycles. The number of sulfonamides is 1.